The molecule has 0 spiro atoms. The van der Waals surface area contributed by atoms with E-state index in [1.807, 2.05) is 56.3 Å². The number of nitrogens with zero attached hydrogens (tertiary/aromatic N) is 1. The largest absolute Gasteiger partial charge is 0.350 e. The highest BCUT2D eigenvalue weighted by Gasteiger charge is 2.27. The number of halogens is 1. The summed E-state index contributed by atoms with van der Waals surface area (Å²) in [6.07, 6.45) is 0. The average molecular weight is 373 g/mol. The maximum Gasteiger partial charge on any atom is 0.242 e. The van der Waals surface area contributed by atoms with Crippen molar-refractivity contribution < 1.29 is 9.59 Å². The topological polar surface area (TPSA) is 49.4 Å². The molecule has 5 heteroatoms. The van der Waals surface area contributed by atoms with Crippen molar-refractivity contribution in [2.24, 2.45) is 5.92 Å². The van der Waals surface area contributed by atoms with E-state index in [0.29, 0.717) is 18.1 Å². The fraction of sp³-hybridized carbons (Fsp3) is 0.333. The van der Waals surface area contributed by atoms with Crippen LogP contribution in [0.5, 0.6) is 0 Å². The minimum Gasteiger partial charge on any atom is -0.350 e. The van der Waals surface area contributed by atoms with Crippen LogP contribution in [0.3, 0.4) is 0 Å². The molecular weight excluding hydrogens is 348 g/mol. The van der Waals surface area contributed by atoms with Gasteiger partial charge in [-0.3, -0.25) is 9.59 Å². The van der Waals surface area contributed by atoms with Gasteiger partial charge in [0.15, 0.2) is 0 Å². The first-order valence-corrected chi connectivity index (χ1v) is 9.13. The summed E-state index contributed by atoms with van der Waals surface area (Å²) in [4.78, 5) is 26.9. The Bertz CT molecular complexity index is 729. The van der Waals surface area contributed by atoms with Gasteiger partial charge in [0, 0.05) is 24.0 Å². The lowest BCUT2D eigenvalue weighted by Crippen LogP contribution is -2.48. The van der Waals surface area contributed by atoms with E-state index in [2.05, 4.69) is 5.32 Å². The number of carbonyl (C=O) groups is 2. The molecule has 0 radical (unpaired) electrons. The first-order valence-electron chi connectivity index (χ1n) is 8.75. The fourth-order valence-corrected chi connectivity index (χ4v) is 2.72. The van der Waals surface area contributed by atoms with Crippen LogP contribution < -0.4 is 5.32 Å². The van der Waals surface area contributed by atoms with E-state index < -0.39 is 6.04 Å². The van der Waals surface area contributed by atoms with Crippen LogP contribution in [0.15, 0.2) is 54.6 Å². The highest BCUT2D eigenvalue weighted by molar-refractivity contribution is 6.30. The van der Waals surface area contributed by atoms with E-state index in [1.165, 1.54) is 0 Å². The zero-order chi connectivity index (χ0) is 19.1. The van der Waals surface area contributed by atoms with Gasteiger partial charge in [0.25, 0.3) is 0 Å². The van der Waals surface area contributed by atoms with Crippen LogP contribution in [-0.4, -0.2) is 22.8 Å². The molecule has 0 saturated heterocycles. The number of hydrogen-bond acceptors (Lipinski definition) is 2. The van der Waals surface area contributed by atoms with Crippen LogP contribution in [0, 0.1) is 5.92 Å². The summed E-state index contributed by atoms with van der Waals surface area (Å²) in [6, 6.07) is 16.5. The lowest BCUT2D eigenvalue weighted by molar-refractivity contribution is -0.143. The molecule has 2 aromatic carbocycles. The molecule has 2 amide bonds. The Kier molecular flexibility index (Phi) is 7.22. The first kappa shape index (κ1) is 20.0. The second kappa shape index (κ2) is 9.39. The molecule has 0 heterocycles. The lowest BCUT2D eigenvalue weighted by atomic mass is 10.1. The molecule has 26 heavy (non-hydrogen) atoms. The van der Waals surface area contributed by atoms with Crippen molar-refractivity contribution in [1.82, 2.24) is 10.2 Å². The quantitative estimate of drug-likeness (QED) is 0.797. The van der Waals surface area contributed by atoms with Crippen LogP contribution in [0.1, 0.15) is 31.9 Å². The molecule has 1 atom stereocenters. The molecule has 2 aromatic rings. The van der Waals surface area contributed by atoms with Crippen molar-refractivity contribution in [2.45, 2.75) is 39.9 Å². The molecule has 0 aromatic heterocycles. The lowest BCUT2D eigenvalue weighted by Gasteiger charge is -2.30. The minimum absolute atomic E-state index is 0.0534. The third kappa shape index (κ3) is 5.60. The van der Waals surface area contributed by atoms with Gasteiger partial charge in [-0.15, -0.1) is 0 Å². The molecular formula is C21H25ClN2O2. The molecule has 138 valence electrons. The van der Waals surface area contributed by atoms with E-state index in [-0.39, 0.29) is 17.7 Å². The van der Waals surface area contributed by atoms with Gasteiger partial charge in [0.1, 0.15) is 6.04 Å². The van der Waals surface area contributed by atoms with Crippen LogP contribution in [0.2, 0.25) is 5.02 Å². The summed E-state index contributed by atoms with van der Waals surface area (Å²) in [6.45, 7) is 6.25. The fourth-order valence-electron chi connectivity index (χ4n) is 2.60. The zero-order valence-corrected chi connectivity index (χ0v) is 16.2. The van der Waals surface area contributed by atoms with Crippen molar-refractivity contribution >= 4 is 23.4 Å². The average Bonchev–Trinajstić information content (AvgIpc) is 2.65. The van der Waals surface area contributed by atoms with Crippen molar-refractivity contribution in [3.8, 4) is 0 Å². The highest BCUT2D eigenvalue weighted by atomic mass is 35.5. The number of amides is 2. The Balaban J connectivity index is 2.08. The molecule has 0 saturated carbocycles. The first-order chi connectivity index (χ1) is 12.4. The third-order valence-electron chi connectivity index (χ3n) is 4.20. The van der Waals surface area contributed by atoms with Gasteiger partial charge < -0.3 is 10.2 Å². The number of carbonyl (C=O) groups excluding carboxylic acids is 2. The summed E-state index contributed by atoms with van der Waals surface area (Å²) in [5.74, 6) is -0.411. The molecule has 2 rings (SSSR count). The summed E-state index contributed by atoms with van der Waals surface area (Å²) in [5, 5.41) is 3.56. The van der Waals surface area contributed by atoms with Crippen LogP contribution in [0.4, 0.5) is 0 Å². The molecule has 0 aliphatic carbocycles. The van der Waals surface area contributed by atoms with Crippen molar-refractivity contribution in [3.05, 3.63) is 70.7 Å². The zero-order valence-electron chi connectivity index (χ0n) is 15.4. The summed E-state index contributed by atoms with van der Waals surface area (Å²) >= 11 is 5.93. The predicted octanol–water partition coefficient (Wildman–Crippen LogP) is 4.03. The van der Waals surface area contributed by atoms with Crippen LogP contribution in [-0.2, 0) is 22.7 Å². The van der Waals surface area contributed by atoms with Gasteiger partial charge >= 0.3 is 0 Å². The Morgan fingerprint density at radius 2 is 1.58 bits per heavy atom. The Hall–Kier alpha value is -2.33. The summed E-state index contributed by atoms with van der Waals surface area (Å²) in [7, 11) is 0. The highest BCUT2D eigenvalue weighted by Crippen LogP contribution is 2.16. The molecule has 0 fully saturated rings. The van der Waals surface area contributed by atoms with Gasteiger partial charge in [0.2, 0.25) is 11.8 Å². The Morgan fingerprint density at radius 3 is 2.15 bits per heavy atom. The predicted molar refractivity (Wildman–Crippen MR) is 105 cm³/mol. The van der Waals surface area contributed by atoms with Gasteiger partial charge in [-0.25, -0.2) is 0 Å². The maximum atomic E-state index is 12.7. The van der Waals surface area contributed by atoms with Crippen molar-refractivity contribution in [1.29, 1.82) is 0 Å². The number of rotatable bonds is 7. The van der Waals surface area contributed by atoms with E-state index in [1.54, 1.807) is 24.0 Å². The molecule has 0 aliphatic heterocycles. The van der Waals surface area contributed by atoms with Crippen LogP contribution >= 0.6 is 11.6 Å². The van der Waals surface area contributed by atoms with Gasteiger partial charge in [0.05, 0.1) is 0 Å². The second-order valence-electron chi connectivity index (χ2n) is 6.63. The van der Waals surface area contributed by atoms with E-state index in [4.69, 9.17) is 11.6 Å². The Labute approximate surface area is 160 Å². The van der Waals surface area contributed by atoms with E-state index >= 15 is 0 Å². The minimum atomic E-state index is -0.565. The molecule has 4 nitrogen and oxygen atoms in total. The molecule has 0 aliphatic rings. The molecule has 0 bridgehead atoms. The summed E-state index contributed by atoms with van der Waals surface area (Å²) in [5.41, 5.74) is 1.96. The number of nitrogens with one attached hydrogen (secondary N) is 1. The SMILES string of the molecule is CC(C)C(=O)N(Cc1ccc(Cl)cc1)C(C)C(=O)NCc1ccccc1. The monoisotopic (exact) mass is 372 g/mol. The normalized spacial score (nSPS) is 11.9. The maximum absolute atomic E-state index is 12.7. The number of benzene rings is 2. The second-order valence-corrected chi connectivity index (χ2v) is 7.06. The molecule has 1 unspecified atom stereocenters. The van der Waals surface area contributed by atoms with Crippen molar-refractivity contribution in [2.75, 3.05) is 0 Å². The van der Waals surface area contributed by atoms with E-state index in [9.17, 15) is 9.59 Å². The standard InChI is InChI=1S/C21H25ClN2O2/c1-15(2)21(26)24(14-18-9-11-19(22)12-10-18)16(3)20(25)23-13-17-7-5-4-6-8-17/h4-12,15-16H,13-14H2,1-3H3,(H,23,25). The van der Waals surface area contributed by atoms with Gasteiger partial charge in [-0.1, -0.05) is 67.9 Å². The summed E-state index contributed by atoms with van der Waals surface area (Å²) < 4.78 is 0. The van der Waals surface area contributed by atoms with Crippen molar-refractivity contribution in [3.63, 3.8) is 0 Å². The van der Waals surface area contributed by atoms with Gasteiger partial charge in [-0.2, -0.15) is 0 Å². The number of hydrogen-bond donors (Lipinski definition) is 1. The van der Waals surface area contributed by atoms with Gasteiger partial charge in [-0.05, 0) is 30.2 Å². The third-order valence-corrected chi connectivity index (χ3v) is 4.45. The smallest absolute Gasteiger partial charge is 0.242 e. The molecule has 1 N–H and O–H groups in total. The van der Waals surface area contributed by atoms with Crippen LogP contribution in [0.25, 0.3) is 0 Å². The van der Waals surface area contributed by atoms with E-state index in [0.717, 1.165) is 11.1 Å². The Morgan fingerprint density at radius 1 is 0.962 bits per heavy atom.